The van der Waals surface area contributed by atoms with E-state index in [1.54, 1.807) is 11.7 Å². The minimum atomic E-state index is -0.264. The Balaban J connectivity index is 2.33. The summed E-state index contributed by atoms with van der Waals surface area (Å²) in [5, 5.41) is 7.09. The summed E-state index contributed by atoms with van der Waals surface area (Å²) in [6, 6.07) is 1.81. The van der Waals surface area contributed by atoms with Crippen molar-refractivity contribution in [2.45, 2.75) is 25.8 Å². The van der Waals surface area contributed by atoms with Gasteiger partial charge in [0.25, 0.3) is 0 Å². The molecule has 0 aliphatic carbocycles. The van der Waals surface area contributed by atoms with Crippen molar-refractivity contribution in [3.05, 3.63) is 12.3 Å². The highest BCUT2D eigenvalue weighted by atomic mass is 16.1. The Morgan fingerprint density at radius 2 is 2.29 bits per heavy atom. The standard InChI is InChI=1S/C10H18N6O/c1-13-10(12)14-9-5-7-16(15-9)6-3-2-4-8(11)17/h5,7H,2-4,6H2,1H3,(H2,11,17)(H3,12,13,14,15). The van der Waals surface area contributed by atoms with Crippen molar-refractivity contribution in [3.63, 3.8) is 0 Å². The van der Waals surface area contributed by atoms with E-state index in [9.17, 15) is 4.79 Å². The number of hydrogen-bond donors (Lipinski definition) is 3. The molecule has 1 aromatic heterocycles. The van der Waals surface area contributed by atoms with Crippen LogP contribution in [0.15, 0.2) is 17.3 Å². The van der Waals surface area contributed by atoms with Gasteiger partial charge in [0.15, 0.2) is 11.8 Å². The average molecular weight is 238 g/mol. The molecule has 1 rings (SSSR count). The van der Waals surface area contributed by atoms with Crippen molar-refractivity contribution < 1.29 is 4.79 Å². The molecule has 94 valence electrons. The molecule has 0 unspecified atom stereocenters. The number of aliphatic imine (C=N–C) groups is 1. The van der Waals surface area contributed by atoms with Crippen LogP contribution in [0.3, 0.4) is 0 Å². The Morgan fingerprint density at radius 1 is 1.53 bits per heavy atom. The van der Waals surface area contributed by atoms with E-state index in [0.717, 1.165) is 19.4 Å². The van der Waals surface area contributed by atoms with Crippen LogP contribution < -0.4 is 16.8 Å². The van der Waals surface area contributed by atoms with Crippen molar-refractivity contribution in [2.24, 2.45) is 16.5 Å². The van der Waals surface area contributed by atoms with Crippen molar-refractivity contribution >= 4 is 17.7 Å². The molecule has 7 heteroatoms. The number of nitrogens with two attached hydrogens (primary N) is 2. The third-order valence-electron chi connectivity index (χ3n) is 2.20. The minimum absolute atomic E-state index is 0.264. The van der Waals surface area contributed by atoms with Crippen LogP contribution in [0, 0.1) is 0 Å². The van der Waals surface area contributed by atoms with Crippen LogP contribution in [0.5, 0.6) is 0 Å². The van der Waals surface area contributed by atoms with Gasteiger partial charge in [-0.1, -0.05) is 0 Å². The molecule has 0 aromatic carbocycles. The number of aryl methyl sites for hydroxylation is 1. The van der Waals surface area contributed by atoms with Crippen LogP contribution >= 0.6 is 0 Å². The van der Waals surface area contributed by atoms with E-state index < -0.39 is 0 Å². The number of hydrogen-bond acceptors (Lipinski definition) is 3. The Kier molecular flexibility index (Phi) is 4.99. The molecular formula is C10H18N6O. The van der Waals surface area contributed by atoms with E-state index in [0.29, 0.717) is 18.2 Å². The number of rotatable bonds is 6. The van der Waals surface area contributed by atoms with Gasteiger partial charge in [0.1, 0.15) is 0 Å². The lowest BCUT2D eigenvalue weighted by Crippen LogP contribution is -2.22. The molecule has 0 fully saturated rings. The maximum absolute atomic E-state index is 10.5. The van der Waals surface area contributed by atoms with Gasteiger partial charge in [-0.15, -0.1) is 0 Å². The number of primary amides is 1. The molecule has 7 nitrogen and oxygen atoms in total. The zero-order chi connectivity index (χ0) is 12.7. The molecule has 0 atom stereocenters. The molecule has 1 amide bonds. The van der Waals surface area contributed by atoms with Gasteiger partial charge in [-0.05, 0) is 12.8 Å². The molecule has 0 aliphatic rings. The summed E-state index contributed by atoms with van der Waals surface area (Å²) < 4.78 is 1.78. The van der Waals surface area contributed by atoms with Gasteiger partial charge in [0.05, 0.1) is 0 Å². The zero-order valence-electron chi connectivity index (χ0n) is 9.89. The van der Waals surface area contributed by atoms with Crippen molar-refractivity contribution in [1.29, 1.82) is 0 Å². The smallest absolute Gasteiger partial charge is 0.217 e. The van der Waals surface area contributed by atoms with Gasteiger partial charge in [-0.25, -0.2) is 0 Å². The first-order chi connectivity index (χ1) is 8.11. The largest absolute Gasteiger partial charge is 0.370 e. The maximum Gasteiger partial charge on any atom is 0.217 e. The molecule has 1 aromatic rings. The van der Waals surface area contributed by atoms with E-state index in [4.69, 9.17) is 11.5 Å². The molecule has 0 aliphatic heterocycles. The molecular weight excluding hydrogens is 220 g/mol. The molecule has 0 spiro atoms. The second-order valence-corrected chi connectivity index (χ2v) is 3.62. The van der Waals surface area contributed by atoms with Gasteiger partial charge < -0.3 is 16.8 Å². The van der Waals surface area contributed by atoms with Crippen molar-refractivity contribution in [2.75, 3.05) is 12.4 Å². The monoisotopic (exact) mass is 238 g/mol. The Hall–Kier alpha value is -2.05. The first-order valence-electron chi connectivity index (χ1n) is 5.43. The fourth-order valence-corrected chi connectivity index (χ4v) is 1.31. The van der Waals surface area contributed by atoms with Crippen LogP contribution in [0.2, 0.25) is 0 Å². The van der Waals surface area contributed by atoms with Crippen LogP contribution in [0.4, 0.5) is 5.82 Å². The lowest BCUT2D eigenvalue weighted by Gasteiger charge is -2.01. The minimum Gasteiger partial charge on any atom is -0.370 e. The molecule has 0 bridgehead atoms. The first kappa shape index (κ1) is 13.0. The van der Waals surface area contributed by atoms with Crippen LogP contribution in [-0.4, -0.2) is 28.7 Å². The van der Waals surface area contributed by atoms with E-state index in [1.807, 2.05) is 12.3 Å². The summed E-state index contributed by atoms with van der Waals surface area (Å²) in [6.45, 7) is 0.748. The van der Waals surface area contributed by atoms with E-state index in [1.165, 1.54) is 0 Å². The quantitative estimate of drug-likeness (QED) is 0.365. The lowest BCUT2D eigenvalue weighted by molar-refractivity contribution is -0.118. The fraction of sp³-hybridized carbons (Fsp3) is 0.500. The van der Waals surface area contributed by atoms with Gasteiger partial charge >= 0.3 is 0 Å². The van der Waals surface area contributed by atoms with Gasteiger partial charge in [-0.2, -0.15) is 5.10 Å². The number of nitrogens with one attached hydrogen (secondary N) is 1. The summed E-state index contributed by atoms with van der Waals surface area (Å²) in [4.78, 5) is 14.3. The van der Waals surface area contributed by atoms with Crippen LogP contribution in [0.25, 0.3) is 0 Å². The summed E-state index contributed by atoms with van der Waals surface area (Å²) in [5.41, 5.74) is 10.6. The molecule has 1 heterocycles. The van der Waals surface area contributed by atoms with Gasteiger partial charge in [0, 0.05) is 32.3 Å². The average Bonchev–Trinajstić information content (AvgIpc) is 2.72. The predicted molar refractivity (Wildman–Crippen MR) is 66.4 cm³/mol. The van der Waals surface area contributed by atoms with E-state index in [-0.39, 0.29) is 5.91 Å². The number of carbonyl (C=O) groups excluding carboxylic acids is 1. The zero-order valence-corrected chi connectivity index (χ0v) is 9.89. The summed E-state index contributed by atoms with van der Waals surface area (Å²) in [5.74, 6) is 0.715. The number of guanidine groups is 1. The Labute approximate surface area is 99.9 Å². The number of unbranched alkanes of at least 4 members (excludes halogenated alkanes) is 1. The van der Waals surface area contributed by atoms with Gasteiger partial charge in [0.2, 0.25) is 5.91 Å². The summed E-state index contributed by atoms with van der Waals surface area (Å²) in [7, 11) is 1.60. The van der Waals surface area contributed by atoms with Crippen LogP contribution in [0.1, 0.15) is 19.3 Å². The second kappa shape index (κ2) is 6.51. The van der Waals surface area contributed by atoms with Crippen molar-refractivity contribution in [3.8, 4) is 0 Å². The number of aromatic nitrogens is 2. The number of nitrogens with zero attached hydrogens (tertiary/aromatic N) is 3. The molecule has 5 N–H and O–H groups in total. The third kappa shape index (κ3) is 5.01. The number of amides is 1. The third-order valence-corrected chi connectivity index (χ3v) is 2.20. The Morgan fingerprint density at radius 3 is 2.94 bits per heavy atom. The molecule has 0 radical (unpaired) electrons. The SMILES string of the molecule is CN=C(N)Nc1ccn(CCCCC(N)=O)n1. The Bertz CT molecular complexity index is 397. The lowest BCUT2D eigenvalue weighted by atomic mass is 10.2. The topological polar surface area (TPSA) is 111 Å². The maximum atomic E-state index is 10.5. The molecule has 17 heavy (non-hydrogen) atoms. The number of carbonyl (C=O) groups is 1. The summed E-state index contributed by atoms with van der Waals surface area (Å²) >= 11 is 0. The normalized spacial score (nSPS) is 11.5. The fourth-order valence-electron chi connectivity index (χ4n) is 1.31. The highest BCUT2D eigenvalue weighted by Gasteiger charge is 2.00. The highest BCUT2D eigenvalue weighted by molar-refractivity contribution is 5.91. The first-order valence-corrected chi connectivity index (χ1v) is 5.43. The summed E-state index contributed by atoms with van der Waals surface area (Å²) in [6.07, 6.45) is 3.90. The second-order valence-electron chi connectivity index (χ2n) is 3.62. The molecule has 0 saturated heterocycles. The van der Waals surface area contributed by atoms with Crippen LogP contribution in [-0.2, 0) is 11.3 Å². The van der Waals surface area contributed by atoms with E-state index in [2.05, 4.69) is 15.4 Å². The predicted octanol–water partition coefficient (Wildman–Crippen LogP) is -0.105. The van der Waals surface area contributed by atoms with Crippen molar-refractivity contribution in [1.82, 2.24) is 9.78 Å². The van der Waals surface area contributed by atoms with Gasteiger partial charge in [-0.3, -0.25) is 14.5 Å². The van der Waals surface area contributed by atoms with E-state index >= 15 is 0 Å². The number of anilines is 1. The highest BCUT2D eigenvalue weighted by Crippen LogP contribution is 2.04. The molecule has 0 saturated carbocycles.